The Kier molecular flexibility index (Phi) is 7.22. The fourth-order valence-corrected chi connectivity index (χ4v) is 5.94. The molecule has 16 heteroatoms. The number of imidazole rings is 1. The van der Waals surface area contributed by atoms with Crippen LogP contribution in [0.4, 0.5) is 5.95 Å². The summed E-state index contributed by atoms with van der Waals surface area (Å²) in [6.45, 7) is 4.32. The number of nitrogens with one attached hydrogen (secondary N) is 2. The van der Waals surface area contributed by atoms with Crippen molar-refractivity contribution in [3.05, 3.63) is 47.0 Å². The maximum absolute atomic E-state index is 13.9. The fraction of sp³-hybridized carbons (Fsp3) is 0.478. The van der Waals surface area contributed by atoms with Gasteiger partial charge in [0.15, 0.2) is 17.4 Å². The second-order valence-corrected chi connectivity index (χ2v) is 11.3. The first-order valence-electron chi connectivity index (χ1n) is 12.2. The number of rotatable bonds is 10. The average molecular weight is 564 g/mol. The van der Waals surface area contributed by atoms with Gasteiger partial charge in [0.1, 0.15) is 29.6 Å². The molecule has 2 fully saturated rings. The smallest absolute Gasteiger partial charge is 0.459 e. The van der Waals surface area contributed by atoms with Crippen molar-refractivity contribution < 1.29 is 37.7 Å². The molecule has 0 spiro atoms. The first-order valence-corrected chi connectivity index (χ1v) is 13.7. The number of nitrogens with zero attached hydrogens (tertiary/aromatic N) is 3. The minimum absolute atomic E-state index is 0.0302. The second kappa shape index (κ2) is 10.3. The number of H-pyrrole nitrogens is 1. The summed E-state index contributed by atoms with van der Waals surface area (Å²) in [5, 5.41) is 13.7. The number of para-hydroxylation sites is 1. The van der Waals surface area contributed by atoms with Crippen LogP contribution >= 0.6 is 7.75 Å². The Hall–Kier alpha value is -3.33. The van der Waals surface area contributed by atoms with Crippen LogP contribution in [-0.2, 0) is 28.1 Å². The number of carbonyl (C=O) groups is 1. The van der Waals surface area contributed by atoms with Crippen molar-refractivity contribution in [1.82, 2.24) is 24.6 Å². The van der Waals surface area contributed by atoms with E-state index in [0.29, 0.717) is 0 Å². The van der Waals surface area contributed by atoms with Gasteiger partial charge in [-0.2, -0.15) is 10.1 Å². The van der Waals surface area contributed by atoms with E-state index in [-0.39, 0.29) is 35.6 Å². The number of esters is 1. The highest BCUT2D eigenvalue weighted by Gasteiger charge is 2.63. The summed E-state index contributed by atoms with van der Waals surface area (Å²) in [5.41, 5.74) is 3.87. The molecule has 2 saturated heterocycles. The molecule has 0 saturated carbocycles. The van der Waals surface area contributed by atoms with E-state index in [4.69, 9.17) is 29.0 Å². The molecular formula is C23H29N6O9P. The van der Waals surface area contributed by atoms with Gasteiger partial charge in [0, 0.05) is 0 Å². The van der Waals surface area contributed by atoms with Crippen molar-refractivity contribution in [2.45, 2.75) is 57.0 Å². The molecule has 4 heterocycles. The van der Waals surface area contributed by atoms with E-state index in [1.165, 1.54) is 17.8 Å². The maximum Gasteiger partial charge on any atom is 0.459 e. The molecule has 39 heavy (non-hydrogen) atoms. The van der Waals surface area contributed by atoms with Gasteiger partial charge < -0.3 is 29.6 Å². The highest BCUT2D eigenvalue weighted by atomic mass is 31.2. The molecule has 15 nitrogen and oxygen atoms in total. The van der Waals surface area contributed by atoms with Crippen molar-refractivity contribution in [2.24, 2.45) is 0 Å². The van der Waals surface area contributed by atoms with Gasteiger partial charge in [-0.05, 0) is 32.9 Å². The minimum atomic E-state index is -4.23. The van der Waals surface area contributed by atoms with Crippen molar-refractivity contribution in [3.8, 4) is 5.75 Å². The quantitative estimate of drug-likeness (QED) is 0.200. The van der Waals surface area contributed by atoms with E-state index in [1.807, 2.05) is 0 Å². The second-order valence-electron chi connectivity index (χ2n) is 9.58. The van der Waals surface area contributed by atoms with E-state index < -0.39 is 56.0 Å². The van der Waals surface area contributed by atoms with Crippen LogP contribution in [-0.4, -0.2) is 73.8 Å². The lowest BCUT2D eigenvalue weighted by atomic mass is 10.0. The zero-order valence-electron chi connectivity index (χ0n) is 21.3. The molecule has 1 aromatic carbocycles. The number of aliphatic hydroxyl groups is 1. The number of aromatic amines is 1. The van der Waals surface area contributed by atoms with Crippen molar-refractivity contribution in [1.29, 1.82) is 0 Å². The van der Waals surface area contributed by atoms with Crippen molar-refractivity contribution >= 4 is 30.8 Å². The largest absolute Gasteiger partial charge is 0.462 e. The third kappa shape index (κ3) is 5.29. The SMILES string of the molecule is CC(C)OC(=O)[C@@H](C)N[P@](=O)(OC[C@@]12CO[C@@H](C(n3cnc4c(=O)[nH]c(N)nc43)O1)[C@@H]2O)Oc1ccccc1. The number of hydrogen-bond donors (Lipinski definition) is 4. The summed E-state index contributed by atoms with van der Waals surface area (Å²) in [4.78, 5) is 35.2. The highest BCUT2D eigenvalue weighted by molar-refractivity contribution is 7.52. The van der Waals surface area contributed by atoms with Gasteiger partial charge in [0.25, 0.3) is 5.56 Å². The number of benzene rings is 1. The minimum Gasteiger partial charge on any atom is -0.462 e. The number of fused-ring (bicyclic) bond motifs is 3. The van der Waals surface area contributed by atoms with E-state index in [0.717, 1.165) is 0 Å². The zero-order chi connectivity index (χ0) is 27.9. The molecule has 210 valence electrons. The number of hydrogen-bond acceptors (Lipinski definition) is 12. The third-order valence-corrected chi connectivity index (χ3v) is 7.86. The monoisotopic (exact) mass is 564 g/mol. The van der Waals surface area contributed by atoms with Gasteiger partial charge in [0.2, 0.25) is 5.95 Å². The lowest BCUT2D eigenvalue weighted by Gasteiger charge is -2.32. The van der Waals surface area contributed by atoms with Crippen LogP contribution in [0.5, 0.6) is 5.75 Å². The number of aromatic nitrogens is 4. The standard InChI is InChI=1S/C23H29N6O9P/c1-12(2)36-21(32)13(3)28-39(33,38-14-7-5-4-6-8-14)35-10-23-9-34-16(17(23)30)20(37-23)29-11-25-15-18(29)26-22(24)27-19(15)31/h4-8,11-13,16-17,20,30H,9-10H2,1-3H3,(H,28,33)(H3,24,26,27,31)/t13-,16-,17+,20?,23-,39+/m1/s1. The number of carbonyl (C=O) groups excluding carboxylic acids is 1. The third-order valence-electron chi connectivity index (χ3n) is 6.24. The lowest BCUT2D eigenvalue weighted by molar-refractivity contribution is -0.183. The van der Waals surface area contributed by atoms with Crippen LogP contribution < -0.4 is 20.9 Å². The van der Waals surface area contributed by atoms with Gasteiger partial charge in [0.05, 0.1) is 25.6 Å². The number of ether oxygens (including phenoxy) is 3. The normalized spacial score (nSPS) is 26.5. The number of nitrogens with two attached hydrogens (primary N) is 1. The van der Waals surface area contributed by atoms with E-state index in [9.17, 15) is 19.3 Å². The number of aliphatic hydroxyl groups excluding tert-OH is 1. The number of anilines is 1. The van der Waals surface area contributed by atoms with Gasteiger partial charge in [-0.3, -0.25) is 23.7 Å². The zero-order valence-corrected chi connectivity index (χ0v) is 22.2. The molecule has 5 N–H and O–H groups in total. The van der Waals surface area contributed by atoms with Crippen LogP contribution in [0.3, 0.4) is 0 Å². The van der Waals surface area contributed by atoms with Crippen LogP contribution in [0.2, 0.25) is 0 Å². The topological polar surface area (TPSA) is 202 Å². The summed E-state index contributed by atoms with van der Waals surface area (Å²) in [7, 11) is -4.23. The molecule has 2 aliphatic heterocycles. The Labute approximate surface area is 222 Å². The summed E-state index contributed by atoms with van der Waals surface area (Å²) in [5.74, 6) is -0.550. The van der Waals surface area contributed by atoms with Crippen LogP contribution in [0.15, 0.2) is 41.5 Å². The van der Waals surface area contributed by atoms with Crippen LogP contribution in [0.25, 0.3) is 11.2 Å². The first kappa shape index (κ1) is 27.2. The van der Waals surface area contributed by atoms with Crippen molar-refractivity contribution in [3.63, 3.8) is 0 Å². The molecule has 6 atom stereocenters. The molecule has 0 radical (unpaired) electrons. The Morgan fingerprint density at radius 3 is 2.82 bits per heavy atom. The molecular weight excluding hydrogens is 535 g/mol. The summed E-state index contributed by atoms with van der Waals surface area (Å²) in [6.07, 6.45) is -2.10. The van der Waals surface area contributed by atoms with E-state index in [1.54, 1.807) is 44.2 Å². The molecule has 2 aromatic heterocycles. The molecule has 1 unspecified atom stereocenters. The summed E-state index contributed by atoms with van der Waals surface area (Å²) < 4.78 is 43.9. The lowest BCUT2D eigenvalue weighted by Crippen LogP contribution is -2.46. The molecule has 3 aromatic rings. The van der Waals surface area contributed by atoms with E-state index >= 15 is 0 Å². The Morgan fingerprint density at radius 1 is 1.36 bits per heavy atom. The van der Waals surface area contributed by atoms with Crippen LogP contribution in [0.1, 0.15) is 27.0 Å². The highest BCUT2D eigenvalue weighted by Crippen LogP contribution is 2.50. The van der Waals surface area contributed by atoms with Gasteiger partial charge in [-0.1, -0.05) is 18.2 Å². The molecule has 0 aliphatic carbocycles. The van der Waals surface area contributed by atoms with E-state index in [2.05, 4.69) is 20.0 Å². The van der Waals surface area contributed by atoms with Crippen LogP contribution in [0, 0.1) is 0 Å². The number of nitrogen functional groups attached to an aromatic ring is 1. The summed E-state index contributed by atoms with van der Waals surface area (Å²) in [6, 6.07) is 7.20. The average Bonchev–Trinajstić information content (AvgIpc) is 3.52. The Morgan fingerprint density at radius 2 is 2.10 bits per heavy atom. The predicted octanol–water partition coefficient (Wildman–Crippen LogP) is 0.863. The molecule has 2 bridgehead atoms. The van der Waals surface area contributed by atoms with Gasteiger partial charge >= 0.3 is 13.7 Å². The molecule has 5 rings (SSSR count). The van der Waals surface area contributed by atoms with Gasteiger partial charge in [-0.25, -0.2) is 9.55 Å². The Balaban J connectivity index is 1.38. The fourth-order valence-electron chi connectivity index (χ4n) is 4.40. The first-order chi connectivity index (χ1) is 18.5. The van der Waals surface area contributed by atoms with Crippen molar-refractivity contribution in [2.75, 3.05) is 18.9 Å². The molecule has 0 amide bonds. The Bertz CT molecular complexity index is 1460. The maximum atomic E-state index is 13.9. The predicted molar refractivity (Wildman–Crippen MR) is 136 cm³/mol. The molecule has 2 aliphatic rings. The summed E-state index contributed by atoms with van der Waals surface area (Å²) >= 11 is 0. The van der Waals surface area contributed by atoms with Gasteiger partial charge in [-0.15, -0.1) is 0 Å².